The number of nitrogens with one attached hydrogen (secondary N) is 2. The number of halogens is 1. The number of rotatable bonds is 2. The van der Waals surface area contributed by atoms with Gasteiger partial charge in [-0.05, 0) is 56.5 Å². The molecule has 3 atom stereocenters. The van der Waals surface area contributed by atoms with Crippen molar-refractivity contribution in [3.63, 3.8) is 0 Å². The van der Waals surface area contributed by atoms with Crippen molar-refractivity contribution < 1.29 is 4.79 Å². The van der Waals surface area contributed by atoms with Crippen LogP contribution in [0, 0.1) is 12.8 Å². The van der Waals surface area contributed by atoms with Crippen LogP contribution in [-0.2, 0) is 0 Å². The highest BCUT2D eigenvalue weighted by molar-refractivity contribution is 6.31. The van der Waals surface area contributed by atoms with E-state index in [4.69, 9.17) is 11.6 Å². The minimum atomic E-state index is -0.0435. The molecule has 2 N–H and O–H groups in total. The molecule has 1 aliphatic rings. The van der Waals surface area contributed by atoms with Crippen LogP contribution in [0.2, 0.25) is 5.02 Å². The summed E-state index contributed by atoms with van der Waals surface area (Å²) < 4.78 is 0. The van der Waals surface area contributed by atoms with Crippen LogP contribution in [0.1, 0.15) is 36.2 Å². The van der Waals surface area contributed by atoms with Crippen molar-refractivity contribution in [1.82, 2.24) is 10.6 Å². The van der Waals surface area contributed by atoms with Crippen molar-refractivity contribution in [2.75, 3.05) is 6.54 Å². The first-order chi connectivity index (χ1) is 8.97. The zero-order valence-corrected chi connectivity index (χ0v) is 12.4. The van der Waals surface area contributed by atoms with Gasteiger partial charge in [0.05, 0.1) is 0 Å². The second kappa shape index (κ2) is 5.93. The maximum absolute atomic E-state index is 12.3. The third-order valence-corrected chi connectivity index (χ3v) is 4.04. The van der Waals surface area contributed by atoms with Gasteiger partial charge in [-0.15, -0.1) is 0 Å². The summed E-state index contributed by atoms with van der Waals surface area (Å²) in [5.41, 5.74) is 1.63. The summed E-state index contributed by atoms with van der Waals surface area (Å²) in [6.07, 6.45) is 1.09. The molecule has 1 fully saturated rings. The average Bonchev–Trinajstić information content (AvgIpc) is 2.32. The second-order valence-electron chi connectivity index (χ2n) is 5.53. The summed E-state index contributed by atoms with van der Waals surface area (Å²) >= 11 is 6.00. The van der Waals surface area contributed by atoms with Crippen LogP contribution < -0.4 is 10.6 Å². The third kappa shape index (κ3) is 3.48. The molecule has 1 heterocycles. The quantitative estimate of drug-likeness (QED) is 0.875. The first-order valence-corrected chi connectivity index (χ1v) is 7.16. The fraction of sp³-hybridized carbons (Fsp3) is 0.533. The fourth-order valence-electron chi connectivity index (χ4n) is 2.71. The number of benzene rings is 1. The number of carbonyl (C=O) groups is 1. The Morgan fingerprint density at radius 2 is 2.11 bits per heavy atom. The van der Waals surface area contributed by atoms with Crippen LogP contribution in [0.4, 0.5) is 0 Å². The van der Waals surface area contributed by atoms with Gasteiger partial charge in [0, 0.05) is 22.7 Å². The Bertz CT molecular complexity index is 445. The number of carbonyl (C=O) groups excluding carboxylic acids is 1. The monoisotopic (exact) mass is 280 g/mol. The normalized spacial score (nSPS) is 27.1. The fourth-order valence-corrected chi connectivity index (χ4v) is 3.00. The Hall–Kier alpha value is -1.06. The predicted octanol–water partition coefficient (Wildman–Crippen LogP) is 2.76. The first-order valence-electron chi connectivity index (χ1n) is 6.79. The molecule has 0 saturated carbocycles. The van der Waals surface area contributed by atoms with E-state index in [2.05, 4.69) is 24.5 Å². The first kappa shape index (κ1) is 14.4. The summed E-state index contributed by atoms with van der Waals surface area (Å²) in [5.74, 6) is 0.443. The van der Waals surface area contributed by atoms with Crippen LogP contribution in [0.25, 0.3) is 0 Å². The summed E-state index contributed by atoms with van der Waals surface area (Å²) in [5, 5.41) is 7.13. The lowest BCUT2D eigenvalue weighted by Gasteiger charge is -2.36. The molecule has 0 spiro atoms. The van der Waals surface area contributed by atoms with E-state index in [9.17, 15) is 4.79 Å². The van der Waals surface area contributed by atoms with E-state index < -0.39 is 0 Å². The molecule has 19 heavy (non-hydrogen) atoms. The lowest BCUT2D eigenvalue weighted by molar-refractivity contribution is 0.0897. The smallest absolute Gasteiger partial charge is 0.251 e. The zero-order valence-electron chi connectivity index (χ0n) is 11.7. The van der Waals surface area contributed by atoms with Crippen LogP contribution in [0.3, 0.4) is 0 Å². The van der Waals surface area contributed by atoms with E-state index in [1.165, 1.54) is 0 Å². The number of hydrogen-bond donors (Lipinski definition) is 2. The number of piperidine rings is 1. The molecule has 3 unspecified atom stereocenters. The van der Waals surface area contributed by atoms with Gasteiger partial charge in [-0.25, -0.2) is 0 Å². The van der Waals surface area contributed by atoms with E-state index in [-0.39, 0.29) is 11.9 Å². The molecule has 0 aliphatic carbocycles. The average molecular weight is 281 g/mol. The Balaban J connectivity index is 2.11. The molecule has 4 heteroatoms. The summed E-state index contributed by atoms with van der Waals surface area (Å²) in [6, 6.07) is 5.90. The van der Waals surface area contributed by atoms with E-state index in [0.717, 1.165) is 18.5 Å². The molecular weight excluding hydrogens is 260 g/mol. The number of hydrogen-bond acceptors (Lipinski definition) is 2. The Morgan fingerprint density at radius 3 is 2.74 bits per heavy atom. The largest absolute Gasteiger partial charge is 0.347 e. The van der Waals surface area contributed by atoms with Gasteiger partial charge in [-0.3, -0.25) is 4.79 Å². The minimum absolute atomic E-state index is 0.0435. The SMILES string of the molecule is Cc1cc(Cl)cc(C(=O)NC2C(C)CCNC2C)c1. The zero-order chi connectivity index (χ0) is 14.0. The summed E-state index contributed by atoms with van der Waals surface area (Å²) in [4.78, 5) is 12.3. The predicted molar refractivity (Wildman–Crippen MR) is 78.7 cm³/mol. The van der Waals surface area contributed by atoms with E-state index in [1.807, 2.05) is 19.1 Å². The van der Waals surface area contributed by atoms with Crippen LogP contribution >= 0.6 is 11.6 Å². The highest BCUT2D eigenvalue weighted by Crippen LogP contribution is 2.18. The minimum Gasteiger partial charge on any atom is -0.347 e. The van der Waals surface area contributed by atoms with Gasteiger partial charge < -0.3 is 10.6 Å². The van der Waals surface area contributed by atoms with Gasteiger partial charge in [-0.2, -0.15) is 0 Å². The highest BCUT2D eigenvalue weighted by Gasteiger charge is 2.28. The van der Waals surface area contributed by atoms with Crippen LogP contribution in [0.15, 0.2) is 18.2 Å². The molecule has 1 aromatic carbocycles. The lowest BCUT2D eigenvalue weighted by Crippen LogP contribution is -2.55. The second-order valence-corrected chi connectivity index (χ2v) is 5.96. The van der Waals surface area contributed by atoms with Crippen molar-refractivity contribution in [2.45, 2.75) is 39.3 Å². The standard InChI is InChI=1S/C15H21ClN2O/c1-9-6-12(8-13(16)7-9)15(19)18-14-10(2)4-5-17-11(14)3/h6-8,10-11,14,17H,4-5H2,1-3H3,(H,18,19). The van der Waals surface area contributed by atoms with Crippen molar-refractivity contribution >= 4 is 17.5 Å². The molecule has 0 bridgehead atoms. The molecule has 1 amide bonds. The molecule has 0 aromatic heterocycles. The molecule has 3 nitrogen and oxygen atoms in total. The van der Waals surface area contributed by atoms with Gasteiger partial charge >= 0.3 is 0 Å². The van der Waals surface area contributed by atoms with E-state index in [1.54, 1.807) is 6.07 Å². The van der Waals surface area contributed by atoms with Crippen molar-refractivity contribution in [3.05, 3.63) is 34.3 Å². The van der Waals surface area contributed by atoms with Crippen molar-refractivity contribution in [2.24, 2.45) is 5.92 Å². The Labute approximate surface area is 119 Å². The summed E-state index contributed by atoms with van der Waals surface area (Å²) in [7, 11) is 0. The molecule has 104 valence electrons. The molecule has 2 rings (SSSR count). The Kier molecular flexibility index (Phi) is 4.48. The number of aryl methyl sites for hydroxylation is 1. The van der Waals surface area contributed by atoms with Gasteiger partial charge in [0.15, 0.2) is 0 Å². The highest BCUT2D eigenvalue weighted by atomic mass is 35.5. The van der Waals surface area contributed by atoms with Crippen molar-refractivity contribution in [1.29, 1.82) is 0 Å². The maximum Gasteiger partial charge on any atom is 0.251 e. The third-order valence-electron chi connectivity index (χ3n) is 3.82. The van der Waals surface area contributed by atoms with E-state index in [0.29, 0.717) is 22.5 Å². The molecular formula is C15H21ClN2O. The Morgan fingerprint density at radius 1 is 1.37 bits per heavy atom. The molecule has 0 radical (unpaired) electrons. The molecule has 1 saturated heterocycles. The summed E-state index contributed by atoms with van der Waals surface area (Å²) in [6.45, 7) is 7.26. The molecule has 1 aromatic rings. The topological polar surface area (TPSA) is 41.1 Å². The van der Waals surface area contributed by atoms with Crippen LogP contribution in [0.5, 0.6) is 0 Å². The number of amides is 1. The molecule has 1 aliphatic heterocycles. The van der Waals surface area contributed by atoms with Gasteiger partial charge in [0.25, 0.3) is 5.91 Å². The van der Waals surface area contributed by atoms with Crippen molar-refractivity contribution in [3.8, 4) is 0 Å². The maximum atomic E-state index is 12.3. The van der Waals surface area contributed by atoms with Gasteiger partial charge in [0.1, 0.15) is 0 Å². The van der Waals surface area contributed by atoms with Gasteiger partial charge in [0.2, 0.25) is 0 Å². The van der Waals surface area contributed by atoms with Crippen LogP contribution in [-0.4, -0.2) is 24.5 Å². The van der Waals surface area contributed by atoms with E-state index >= 15 is 0 Å². The lowest BCUT2D eigenvalue weighted by atomic mass is 9.89. The van der Waals surface area contributed by atoms with Gasteiger partial charge in [-0.1, -0.05) is 18.5 Å².